The molecule has 108 valence electrons. The van der Waals surface area contributed by atoms with Gasteiger partial charge in [0.15, 0.2) is 0 Å². The third-order valence-electron chi connectivity index (χ3n) is 3.29. The predicted molar refractivity (Wildman–Crippen MR) is 68.6 cm³/mol. The largest absolute Gasteiger partial charge is 0.451 e. The number of hydrogen-bond acceptors (Lipinski definition) is 4. The molecule has 0 aliphatic carbocycles. The van der Waals surface area contributed by atoms with E-state index in [2.05, 4.69) is 29.1 Å². The molecular weight excluding hydrogens is 257 g/mol. The maximum Gasteiger partial charge on any atom is 0.451 e. The molecule has 0 fully saturated rings. The number of alkyl halides is 3. The standard InChI is InChI=1S/C12H19F3N4/c1-7(2)11(3,4)6-17-9-5-8(16)18-10(19-9)12(13,14)15/h5,7H,6H2,1-4H3,(H3,16,17,18,19). The van der Waals surface area contributed by atoms with E-state index < -0.39 is 12.0 Å². The first-order chi connectivity index (χ1) is 8.52. The van der Waals surface area contributed by atoms with Gasteiger partial charge in [-0.2, -0.15) is 13.2 Å². The van der Waals surface area contributed by atoms with E-state index in [0.29, 0.717) is 12.5 Å². The molecular formula is C12H19F3N4. The topological polar surface area (TPSA) is 63.8 Å². The molecule has 0 aliphatic heterocycles. The smallest absolute Gasteiger partial charge is 0.384 e. The van der Waals surface area contributed by atoms with Crippen molar-refractivity contribution in [2.45, 2.75) is 33.9 Å². The zero-order valence-corrected chi connectivity index (χ0v) is 11.5. The molecule has 0 radical (unpaired) electrons. The lowest BCUT2D eigenvalue weighted by molar-refractivity contribution is -0.144. The van der Waals surface area contributed by atoms with Crippen LogP contribution in [0.25, 0.3) is 0 Å². The molecule has 19 heavy (non-hydrogen) atoms. The van der Waals surface area contributed by atoms with Gasteiger partial charge in [0, 0.05) is 12.6 Å². The summed E-state index contributed by atoms with van der Waals surface area (Å²) in [5.74, 6) is -0.959. The number of nitrogens with two attached hydrogens (primary N) is 1. The molecule has 0 unspecified atom stereocenters. The first-order valence-corrected chi connectivity index (χ1v) is 5.98. The van der Waals surface area contributed by atoms with Gasteiger partial charge in [-0.3, -0.25) is 0 Å². The highest BCUT2D eigenvalue weighted by atomic mass is 19.4. The fraction of sp³-hybridized carbons (Fsp3) is 0.667. The Hall–Kier alpha value is -1.53. The Morgan fingerprint density at radius 1 is 1.26 bits per heavy atom. The van der Waals surface area contributed by atoms with Gasteiger partial charge in [0.25, 0.3) is 0 Å². The van der Waals surface area contributed by atoms with E-state index in [1.807, 2.05) is 13.8 Å². The summed E-state index contributed by atoms with van der Waals surface area (Å²) in [6.07, 6.45) is -4.60. The van der Waals surface area contributed by atoms with E-state index in [-0.39, 0.29) is 17.1 Å². The number of hydrogen-bond donors (Lipinski definition) is 2. The van der Waals surface area contributed by atoms with Gasteiger partial charge in [-0.05, 0) is 11.3 Å². The average Bonchev–Trinajstić information content (AvgIpc) is 2.24. The summed E-state index contributed by atoms with van der Waals surface area (Å²) in [5, 5.41) is 2.89. The summed E-state index contributed by atoms with van der Waals surface area (Å²) in [6.45, 7) is 8.66. The number of rotatable bonds is 4. The van der Waals surface area contributed by atoms with Crippen LogP contribution in [0.2, 0.25) is 0 Å². The summed E-state index contributed by atoms with van der Waals surface area (Å²) >= 11 is 0. The fourth-order valence-electron chi connectivity index (χ4n) is 1.21. The van der Waals surface area contributed by atoms with Gasteiger partial charge < -0.3 is 11.1 Å². The molecule has 7 heteroatoms. The molecule has 1 rings (SSSR count). The van der Waals surface area contributed by atoms with Crippen molar-refractivity contribution in [3.8, 4) is 0 Å². The van der Waals surface area contributed by atoms with Crippen LogP contribution < -0.4 is 11.1 Å². The van der Waals surface area contributed by atoms with Crippen molar-refractivity contribution in [1.82, 2.24) is 9.97 Å². The van der Waals surface area contributed by atoms with E-state index >= 15 is 0 Å². The SMILES string of the molecule is CC(C)C(C)(C)CNc1cc(N)nc(C(F)(F)F)n1. The van der Waals surface area contributed by atoms with Crippen LogP contribution in [0.4, 0.5) is 24.8 Å². The van der Waals surface area contributed by atoms with Gasteiger partial charge in [0.05, 0.1) is 0 Å². The Kier molecular flexibility index (Phi) is 4.27. The van der Waals surface area contributed by atoms with Crippen molar-refractivity contribution in [3.05, 3.63) is 11.9 Å². The highest BCUT2D eigenvalue weighted by molar-refractivity contribution is 5.45. The van der Waals surface area contributed by atoms with E-state index in [9.17, 15) is 13.2 Å². The number of anilines is 2. The number of halogens is 3. The second-order valence-electron chi connectivity index (χ2n) is 5.50. The summed E-state index contributed by atoms with van der Waals surface area (Å²) in [6, 6.07) is 1.30. The summed E-state index contributed by atoms with van der Waals surface area (Å²) < 4.78 is 37.6. The highest BCUT2D eigenvalue weighted by Gasteiger charge is 2.35. The monoisotopic (exact) mass is 276 g/mol. The minimum atomic E-state index is -4.60. The normalized spacial score (nSPS) is 12.8. The maximum absolute atomic E-state index is 12.5. The van der Waals surface area contributed by atoms with Gasteiger partial charge in [0.2, 0.25) is 5.82 Å². The van der Waals surface area contributed by atoms with Crippen molar-refractivity contribution >= 4 is 11.6 Å². The Balaban J connectivity index is 2.88. The molecule has 1 heterocycles. The van der Waals surface area contributed by atoms with Crippen molar-refractivity contribution in [2.24, 2.45) is 11.3 Å². The predicted octanol–water partition coefficient (Wildman–Crippen LogP) is 3.17. The summed E-state index contributed by atoms with van der Waals surface area (Å²) in [5.41, 5.74) is 5.29. The molecule has 1 aromatic heterocycles. The Morgan fingerprint density at radius 2 is 1.84 bits per heavy atom. The first kappa shape index (κ1) is 15.5. The Morgan fingerprint density at radius 3 is 2.32 bits per heavy atom. The Labute approximate surface area is 110 Å². The maximum atomic E-state index is 12.5. The first-order valence-electron chi connectivity index (χ1n) is 5.98. The molecule has 0 saturated carbocycles. The van der Waals surface area contributed by atoms with E-state index in [0.717, 1.165) is 0 Å². The third kappa shape index (κ3) is 4.25. The van der Waals surface area contributed by atoms with Crippen LogP contribution >= 0.6 is 0 Å². The highest BCUT2D eigenvalue weighted by Crippen LogP contribution is 2.29. The fourth-order valence-corrected chi connectivity index (χ4v) is 1.21. The van der Waals surface area contributed by atoms with Crippen LogP contribution in [0.15, 0.2) is 6.07 Å². The Bertz CT molecular complexity index is 441. The molecule has 1 aromatic rings. The molecule has 0 amide bonds. The minimum absolute atomic E-state index is 0.0713. The molecule has 4 nitrogen and oxygen atoms in total. The molecule has 0 saturated heterocycles. The zero-order chi connectivity index (χ0) is 14.8. The van der Waals surface area contributed by atoms with E-state index in [4.69, 9.17) is 5.73 Å². The van der Waals surface area contributed by atoms with Crippen LogP contribution in [0.3, 0.4) is 0 Å². The lowest BCUT2D eigenvalue weighted by atomic mass is 9.81. The van der Waals surface area contributed by atoms with Crippen LogP contribution in [0, 0.1) is 11.3 Å². The van der Waals surface area contributed by atoms with Crippen LogP contribution in [-0.4, -0.2) is 16.5 Å². The lowest BCUT2D eigenvalue weighted by Gasteiger charge is -2.29. The number of nitrogens with zero attached hydrogens (tertiary/aromatic N) is 2. The van der Waals surface area contributed by atoms with Crippen molar-refractivity contribution in [1.29, 1.82) is 0 Å². The summed E-state index contributed by atoms with van der Waals surface area (Å²) in [7, 11) is 0. The van der Waals surface area contributed by atoms with Crippen LogP contribution in [0.1, 0.15) is 33.5 Å². The summed E-state index contributed by atoms with van der Waals surface area (Å²) in [4.78, 5) is 6.63. The zero-order valence-electron chi connectivity index (χ0n) is 11.5. The molecule has 0 aromatic carbocycles. The lowest BCUT2D eigenvalue weighted by Crippen LogP contribution is -2.29. The number of aromatic nitrogens is 2. The second kappa shape index (κ2) is 5.22. The van der Waals surface area contributed by atoms with Crippen molar-refractivity contribution < 1.29 is 13.2 Å². The number of nitrogens with one attached hydrogen (secondary N) is 1. The van der Waals surface area contributed by atoms with Crippen molar-refractivity contribution in [2.75, 3.05) is 17.6 Å². The van der Waals surface area contributed by atoms with Crippen LogP contribution in [0.5, 0.6) is 0 Å². The third-order valence-corrected chi connectivity index (χ3v) is 3.29. The van der Waals surface area contributed by atoms with Gasteiger partial charge in [0.1, 0.15) is 11.6 Å². The van der Waals surface area contributed by atoms with E-state index in [1.54, 1.807) is 0 Å². The quantitative estimate of drug-likeness (QED) is 0.886. The van der Waals surface area contributed by atoms with Crippen molar-refractivity contribution in [3.63, 3.8) is 0 Å². The molecule has 0 spiro atoms. The minimum Gasteiger partial charge on any atom is -0.384 e. The molecule has 0 atom stereocenters. The second-order valence-corrected chi connectivity index (χ2v) is 5.50. The van der Waals surface area contributed by atoms with E-state index in [1.165, 1.54) is 6.07 Å². The van der Waals surface area contributed by atoms with Gasteiger partial charge >= 0.3 is 6.18 Å². The number of nitrogen functional groups attached to an aromatic ring is 1. The van der Waals surface area contributed by atoms with Gasteiger partial charge in [-0.15, -0.1) is 0 Å². The van der Waals surface area contributed by atoms with Crippen LogP contribution in [-0.2, 0) is 6.18 Å². The van der Waals surface area contributed by atoms with Gasteiger partial charge in [-0.25, -0.2) is 9.97 Å². The molecule has 0 aliphatic rings. The van der Waals surface area contributed by atoms with Gasteiger partial charge in [-0.1, -0.05) is 27.7 Å². The molecule has 0 bridgehead atoms. The molecule has 3 N–H and O–H groups in total. The average molecular weight is 276 g/mol.